The highest BCUT2D eigenvalue weighted by molar-refractivity contribution is 7.89. The molecule has 0 saturated heterocycles. The number of halogens is 1. The van der Waals surface area contributed by atoms with Crippen LogP contribution >= 0.6 is 11.6 Å². The highest BCUT2D eigenvalue weighted by Gasteiger charge is 2.24. The Balaban J connectivity index is 2.18. The lowest BCUT2D eigenvalue weighted by molar-refractivity contribution is 0.0927. The average Bonchev–Trinajstić information content (AvgIpc) is 2.91. The van der Waals surface area contributed by atoms with E-state index in [9.17, 15) is 13.2 Å². The summed E-state index contributed by atoms with van der Waals surface area (Å²) < 4.78 is 22.7. The Hall–Kier alpha value is -1.11. The Morgan fingerprint density at radius 3 is 2.57 bits per heavy atom. The monoisotopic (exact) mass is 330 g/mol. The van der Waals surface area contributed by atoms with Gasteiger partial charge in [0.05, 0.1) is 15.5 Å². The van der Waals surface area contributed by atoms with Crippen molar-refractivity contribution in [3.8, 4) is 0 Å². The summed E-state index contributed by atoms with van der Waals surface area (Å²) in [5, 5.41) is 8.18. The zero-order chi connectivity index (χ0) is 15.6. The van der Waals surface area contributed by atoms with Crippen LogP contribution in [0.2, 0.25) is 5.02 Å². The molecule has 1 fully saturated rings. The molecule has 0 radical (unpaired) electrons. The topological polar surface area (TPSA) is 89.3 Å². The molecule has 0 aromatic heterocycles. The van der Waals surface area contributed by atoms with Gasteiger partial charge in [0, 0.05) is 6.04 Å². The highest BCUT2D eigenvalue weighted by atomic mass is 35.5. The van der Waals surface area contributed by atoms with Gasteiger partial charge in [-0.15, -0.1) is 0 Å². The molecule has 3 N–H and O–H groups in total. The van der Waals surface area contributed by atoms with Crippen molar-refractivity contribution < 1.29 is 13.2 Å². The molecule has 1 aliphatic carbocycles. The molecule has 0 spiro atoms. The van der Waals surface area contributed by atoms with E-state index in [1.54, 1.807) is 0 Å². The van der Waals surface area contributed by atoms with Gasteiger partial charge in [-0.1, -0.05) is 24.4 Å². The molecular weight excluding hydrogens is 312 g/mol. The number of amides is 1. The Kier molecular flexibility index (Phi) is 4.91. The van der Waals surface area contributed by atoms with Gasteiger partial charge in [-0.3, -0.25) is 4.79 Å². The van der Waals surface area contributed by atoms with Gasteiger partial charge in [-0.25, -0.2) is 13.6 Å². The van der Waals surface area contributed by atoms with Crippen LogP contribution in [0.15, 0.2) is 23.1 Å². The molecule has 21 heavy (non-hydrogen) atoms. The number of carbonyl (C=O) groups is 1. The summed E-state index contributed by atoms with van der Waals surface area (Å²) in [6.45, 7) is 1.96. The normalized spacial score (nSPS) is 17.7. The Labute approximate surface area is 129 Å². The molecule has 1 saturated carbocycles. The second kappa shape index (κ2) is 6.34. The van der Waals surface area contributed by atoms with Crippen LogP contribution in [-0.2, 0) is 10.0 Å². The number of rotatable bonds is 4. The minimum atomic E-state index is -3.86. The molecule has 2 rings (SSSR count). The summed E-state index contributed by atoms with van der Waals surface area (Å²) in [6, 6.07) is 3.91. The zero-order valence-corrected chi connectivity index (χ0v) is 13.4. The van der Waals surface area contributed by atoms with Gasteiger partial charge >= 0.3 is 0 Å². The second-order valence-corrected chi connectivity index (χ2v) is 7.46. The molecule has 0 heterocycles. The van der Waals surface area contributed by atoms with E-state index in [1.165, 1.54) is 31.0 Å². The van der Waals surface area contributed by atoms with E-state index in [0.29, 0.717) is 5.92 Å². The summed E-state index contributed by atoms with van der Waals surface area (Å²) in [5.74, 6) is 0.0963. The van der Waals surface area contributed by atoms with E-state index in [2.05, 4.69) is 5.32 Å². The molecule has 0 aliphatic heterocycles. The fourth-order valence-electron chi connectivity index (χ4n) is 2.72. The molecule has 1 atom stereocenters. The van der Waals surface area contributed by atoms with E-state index < -0.39 is 10.0 Å². The predicted octanol–water partition coefficient (Wildman–Crippen LogP) is 2.30. The molecule has 116 valence electrons. The van der Waals surface area contributed by atoms with Crippen molar-refractivity contribution in [1.29, 1.82) is 0 Å². The van der Waals surface area contributed by atoms with Crippen LogP contribution in [0.3, 0.4) is 0 Å². The van der Waals surface area contributed by atoms with Crippen molar-refractivity contribution in [1.82, 2.24) is 5.32 Å². The largest absolute Gasteiger partial charge is 0.349 e. The highest BCUT2D eigenvalue weighted by Crippen LogP contribution is 2.28. The molecule has 1 amide bonds. The second-order valence-electron chi connectivity index (χ2n) is 5.49. The minimum Gasteiger partial charge on any atom is -0.349 e. The molecule has 5 nitrogen and oxygen atoms in total. The fraction of sp³-hybridized carbons (Fsp3) is 0.500. The number of nitrogens with two attached hydrogens (primary N) is 1. The Morgan fingerprint density at radius 2 is 2.00 bits per heavy atom. The first kappa shape index (κ1) is 16.3. The van der Waals surface area contributed by atoms with Crippen molar-refractivity contribution in [2.75, 3.05) is 0 Å². The third-order valence-electron chi connectivity index (χ3n) is 3.98. The average molecular weight is 331 g/mol. The van der Waals surface area contributed by atoms with Crippen LogP contribution in [0.1, 0.15) is 43.0 Å². The van der Waals surface area contributed by atoms with Gasteiger partial charge in [0.25, 0.3) is 5.91 Å². The first-order valence-electron chi connectivity index (χ1n) is 6.92. The number of hydrogen-bond donors (Lipinski definition) is 2. The number of sulfonamides is 1. The third kappa shape index (κ3) is 3.96. The van der Waals surface area contributed by atoms with Crippen molar-refractivity contribution in [3.05, 3.63) is 28.8 Å². The lowest BCUT2D eigenvalue weighted by Gasteiger charge is -2.20. The Bertz CT molecular complexity index is 640. The first-order valence-corrected chi connectivity index (χ1v) is 8.84. The van der Waals surface area contributed by atoms with Crippen molar-refractivity contribution >= 4 is 27.5 Å². The van der Waals surface area contributed by atoms with Gasteiger partial charge in [0.15, 0.2) is 0 Å². The fourth-order valence-corrected chi connectivity index (χ4v) is 3.46. The lowest BCUT2D eigenvalue weighted by atomic mass is 9.99. The molecule has 1 aromatic carbocycles. The Morgan fingerprint density at radius 1 is 1.38 bits per heavy atom. The summed E-state index contributed by atoms with van der Waals surface area (Å²) in [7, 11) is -3.86. The number of benzene rings is 1. The van der Waals surface area contributed by atoms with E-state index in [0.717, 1.165) is 12.8 Å². The SMILES string of the molecule is CC(NC(=O)c1cc(S(N)(=O)=O)ccc1Cl)C1CCCC1. The van der Waals surface area contributed by atoms with E-state index in [1.807, 2.05) is 6.92 Å². The molecule has 0 bridgehead atoms. The predicted molar refractivity (Wildman–Crippen MR) is 81.7 cm³/mol. The summed E-state index contributed by atoms with van der Waals surface area (Å²) >= 11 is 5.99. The number of carbonyl (C=O) groups excluding carboxylic acids is 1. The molecule has 1 aromatic rings. The summed E-state index contributed by atoms with van der Waals surface area (Å²) in [4.78, 5) is 12.2. The summed E-state index contributed by atoms with van der Waals surface area (Å²) in [6.07, 6.45) is 4.58. The van der Waals surface area contributed by atoms with Crippen molar-refractivity contribution in [2.45, 2.75) is 43.5 Å². The van der Waals surface area contributed by atoms with Crippen LogP contribution in [0.4, 0.5) is 0 Å². The van der Waals surface area contributed by atoms with E-state index in [-0.39, 0.29) is 27.4 Å². The summed E-state index contributed by atoms with van der Waals surface area (Å²) in [5.41, 5.74) is 0.132. The smallest absolute Gasteiger partial charge is 0.253 e. The maximum atomic E-state index is 12.3. The molecular formula is C14H19ClN2O3S. The number of nitrogens with one attached hydrogen (secondary N) is 1. The van der Waals surface area contributed by atoms with Crippen LogP contribution in [0, 0.1) is 5.92 Å². The van der Waals surface area contributed by atoms with Crippen LogP contribution in [-0.4, -0.2) is 20.4 Å². The standard InChI is InChI=1S/C14H19ClN2O3S/c1-9(10-4-2-3-5-10)17-14(18)12-8-11(21(16,19)20)6-7-13(12)15/h6-10H,2-5H2,1H3,(H,17,18)(H2,16,19,20). The number of primary sulfonamides is 1. The lowest BCUT2D eigenvalue weighted by Crippen LogP contribution is -2.37. The van der Waals surface area contributed by atoms with Crippen molar-refractivity contribution in [2.24, 2.45) is 11.1 Å². The van der Waals surface area contributed by atoms with Crippen LogP contribution in [0.5, 0.6) is 0 Å². The zero-order valence-electron chi connectivity index (χ0n) is 11.8. The first-order chi connectivity index (χ1) is 9.79. The van der Waals surface area contributed by atoms with Crippen LogP contribution < -0.4 is 10.5 Å². The third-order valence-corrected chi connectivity index (χ3v) is 5.22. The maximum Gasteiger partial charge on any atom is 0.253 e. The van der Waals surface area contributed by atoms with E-state index >= 15 is 0 Å². The van der Waals surface area contributed by atoms with Gasteiger partial charge in [-0.2, -0.15) is 0 Å². The van der Waals surface area contributed by atoms with Gasteiger partial charge in [0.2, 0.25) is 10.0 Å². The maximum absolute atomic E-state index is 12.3. The van der Waals surface area contributed by atoms with Gasteiger partial charge < -0.3 is 5.32 Å². The quantitative estimate of drug-likeness (QED) is 0.887. The van der Waals surface area contributed by atoms with Gasteiger partial charge in [-0.05, 0) is 43.9 Å². The number of hydrogen-bond acceptors (Lipinski definition) is 3. The van der Waals surface area contributed by atoms with E-state index in [4.69, 9.17) is 16.7 Å². The molecule has 1 unspecified atom stereocenters. The minimum absolute atomic E-state index is 0.0363. The van der Waals surface area contributed by atoms with Crippen molar-refractivity contribution in [3.63, 3.8) is 0 Å². The van der Waals surface area contributed by atoms with Gasteiger partial charge in [0.1, 0.15) is 0 Å². The van der Waals surface area contributed by atoms with Crippen LogP contribution in [0.25, 0.3) is 0 Å². The molecule has 7 heteroatoms. The molecule has 1 aliphatic rings.